The molecule has 0 radical (unpaired) electrons. The van der Waals surface area contributed by atoms with Crippen LogP contribution in [0.25, 0.3) is 11.4 Å². The van der Waals surface area contributed by atoms with Gasteiger partial charge in [-0.25, -0.2) is 9.97 Å². The van der Waals surface area contributed by atoms with Gasteiger partial charge in [0.25, 0.3) is 0 Å². The minimum Gasteiger partial charge on any atom is -0.486 e. The third-order valence-corrected chi connectivity index (χ3v) is 3.46. The highest BCUT2D eigenvalue weighted by atomic mass is 16.5. The van der Waals surface area contributed by atoms with E-state index in [9.17, 15) is 0 Å². The highest BCUT2D eigenvalue weighted by Crippen LogP contribution is 2.18. The van der Waals surface area contributed by atoms with Gasteiger partial charge in [-0.15, -0.1) is 0 Å². The zero-order valence-corrected chi connectivity index (χ0v) is 11.5. The molecular formula is C16H19N3O. The Balaban J connectivity index is 1.67. The summed E-state index contributed by atoms with van der Waals surface area (Å²) in [5, 5.41) is 3.39. The van der Waals surface area contributed by atoms with Crippen LogP contribution in [0.2, 0.25) is 0 Å². The summed E-state index contributed by atoms with van der Waals surface area (Å²) in [6.07, 6.45) is 7.28. The van der Waals surface area contributed by atoms with Crippen molar-refractivity contribution in [2.75, 3.05) is 13.1 Å². The number of benzene rings is 1. The lowest BCUT2D eigenvalue weighted by Crippen LogP contribution is -2.29. The van der Waals surface area contributed by atoms with Crippen molar-refractivity contribution in [1.29, 1.82) is 0 Å². The van der Waals surface area contributed by atoms with Crippen LogP contribution in [0, 0.1) is 0 Å². The van der Waals surface area contributed by atoms with Crippen LogP contribution >= 0.6 is 0 Å². The number of nitrogens with one attached hydrogen (secondary N) is 1. The molecule has 1 unspecified atom stereocenters. The first-order valence-corrected chi connectivity index (χ1v) is 7.17. The van der Waals surface area contributed by atoms with Crippen LogP contribution in [-0.4, -0.2) is 29.2 Å². The fourth-order valence-electron chi connectivity index (χ4n) is 2.39. The molecule has 104 valence electrons. The second-order valence-corrected chi connectivity index (χ2v) is 5.05. The number of ether oxygens (including phenoxy) is 1. The Labute approximate surface area is 119 Å². The van der Waals surface area contributed by atoms with E-state index in [2.05, 4.69) is 15.3 Å². The number of aromatic nitrogens is 2. The van der Waals surface area contributed by atoms with E-state index in [1.54, 1.807) is 12.4 Å². The van der Waals surface area contributed by atoms with Crippen molar-refractivity contribution in [2.24, 2.45) is 0 Å². The van der Waals surface area contributed by atoms with Gasteiger partial charge in [0.05, 0.1) is 12.4 Å². The molecule has 4 nitrogen and oxygen atoms in total. The fourth-order valence-corrected chi connectivity index (χ4v) is 2.39. The van der Waals surface area contributed by atoms with Gasteiger partial charge in [-0.05, 0) is 25.8 Å². The van der Waals surface area contributed by atoms with E-state index in [4.69, 9.17) is 4.74 Å². The lowest BCUT2D eigenvalue weighted by Gasteiger charge is -2.16. The first-order valence-electron chi connectivity index (χ1n) is 7.17. The summed E-state index contributed by atoms with van der Waals surface area (Å²) < 4.78 is 5.94. The molecule has 0 bridgehead atoms. The molecule has 1 N–H and O–H groups in total. The van der Waals surface area contributed by atoms with E-state index >= 15 is 0 Å². The van der Waals surface area contributed by atoms with Crippen molar-refractivity contribution in [3.8, 4) is 17.1 Å². The normalized spacial score (nSPS) is 19.3. The molecule has 2 heterocycles. The van der Waals surface area contributed by atoms with Gasteiger partial charge in [0, 0.05) is 12.1 Å². The molecule has 2 aromatic rings. The van der Waals surface area contributed by atoms with E-state index in [0.29, 0.717) is 0 Å². The van der Waals surface area contributed by atoms with E-state index in [1.165, 1.54) is 12.8 Å². The van der Waals surface area contributed by atoms with E-state index in [-0.39, 0.29) is 6.10 Å². The average molecular weight is 269 g/mol. The van der Waals surface area contributed by atoms with Crippen LogP contribution in [-0.2, 0) is 0 Å². The smallest absolute Gasteiger partial charge is 0.159 e. The predicted octanol–water partition coefficient (Wildman–Crippen LogP) is 2.66. The molecule has 0 amide bonds. The largest absolute Gasteiger partial charge is 0.486 e. The van der Waals surface area contributed by atoms with Gasteiger partial charge >= 0.3 is 0 Å². The lowest BCUT2D eigenvalue weighted by atomic mass is 10.2. The molecule has 0 aliphatic carbocycles. The maximum absolute atomic E-state index is 5.94. The Hall–Kier alpha value is -1.94. The molecule has 1 aromatic heterocycles. The SMILES string of the molecule is c1ccc(-c2ncc(OC3CCCCNC3)cn2)cc1. The molecule has 0 saturated carbocycles. The summed E-state index contributed by atoms with van der Waals surface area (Å²) in [7, 11) is 0. The van der Waals surface area contributed by atoms with Crippen LogP contribution in [0.15, 0.2) is 42.7 Å². The quantitative estimate of drug-likeness (QED) is 0.930. The molecular weight excluding hydrogens is 250 g/mol. The van der Waals surface area contributed by atoms with Crippen LogP contribution in [0.1, 0.15) is 19.3 Å². The molecule has 20 heavy (non-hydrogen) atoms. The Bertz CT molecular complexity index is 519. The summed E-state index contributed by atoms with van der Waals surface area (Å²) >= 11 is 0. The zero-order valence-electron chi connectivity index (χ0n) is 11.5. The minimum absolute atomic E-state index is 0.226. The molecule has 1 saturated heterocycles. The number of nitrogens with zero attached hydrogens (tertiary/aromatic N) is 2. The minimum atomic E-state index is 0.226. The van der Waals surface area contributed by atoms with Gasteiger partial charge in [0.1, 0.15) is 6.10 Å². The number of hydrogen-bond donors (Lipinski definition) is 1. The molecule has 4 heteroatoms. The van der Waals surface area contributed by atoms with Crippen LogP contribution in [0.4, 0.5) is 0 Å². The van der Waals surface area contributed by atoms with E-state index in [1.807, 2.05) is 30.3 Å². The van der Waals surface area contributed by atoms with Crippen molar-refractivity contribution in [1.82, 2.24) is 15.3 Å². The maximum atomic E-state index is 5.94. The first kappa shape index (κ1) is 13.1. The van der Waals surface area contributed by atoms with Gasteiger partial charge < -0.3 is 10.1 Å². The highest BCUT2D eigenvalue weighted by Gasteiger charge is 2.13. The molecule has 1 atom stereocenters. The summed E-state index contributed by atoms with van der Waals surface area (Å²) in [4.78, 5) is 8.76. The average Bonchev–Trinajstić information content (AvgIpc) is 2.78. The van der Waals surface area contributed by atoms with Crippen molar-refractivity contribution in [3.05, 3.63) is 42.7 Å². The summed E-state index contributed by atoms with van der Waals surface area (Å²) in [6.45, 7) is 1.99. The van der Waals surface area contributed by atoms with Crippen molar-refractivity contribution >= 4 is 0 Å². The second-order valence-electron chi connectivity index (χ2n) is 5.05. The topological polar surface area (TPSA) is 47.0 Å². The Morgan fingerprint density at radius 2 is 1.85 bits per heavy atom. The molecule has 1 aliphatic rings. The Morgan fingerprint density at radius 1 is 1.05 bits per heavy atom. The van der Waals surface area contributed by atoms with Gasteiger partial charge in [0.2, 0.25) is 0 Å². The third-order valence-electron chi connectivity index (χ3n) is 3.46. The van der Waals surface area contributed by atoms with Gasteiger partial charge in [-0.2, -0.15) is 0 Å². The zero-order chi connectivity index (χ0) is 13.6. The molecule has 3 rings (SSSR count). The fraction of sp³-hybridized carbons (Fsp3) is 0.375. The summed E-state index contributed by atoms with van der Waals surface area (Å²) in [6, 6.07) is 9.97. The Kier molecular flexibility index (Phi) is 4.23. The predicted molar refractivity (Wildman–Crippen MR) is 78.6 cm³/mol. The van der Waals surface area contributed by atoms with Crippen LogP contribution in [0.3, 0.4) is 0 Å². The Morgan fingerprint density at radius 3 is 2.65 bits per heavy atom. The number of rotatable bonds is 3. The molecule has 0 spiro atoms. The maximum Gasteiger partial charge on any atom is 0.159 e. The third kappa shape index (κ3) is 3.33. The van der Waals surface area contributed by atoms with Gasteiger partial charge in [-0.3, -0.25) is 0 Å². The van der Waals surface area contributed by atoms with Crippen LogP contribution in [0.5, 0.6) is 5.75 Å². The summed E-state index contributed by atoms with van der Waals surface area (Å²) in [5.41, 5.74) is 1.02. The van der Waals surface area contributed by atoms with Crippen molar-refractivity contribution in [2.45, 2.75) is 25.4 Å². The number of hydrogen-bond acceptors (Lipinski definition) is 4. The molecule has 1 aromatic carbocycles. The molecule has 1 fully saturated rings. The lowest BCUT2D eigenvalue weighted by molar-refractivity contribution is 0.193. The van der Waals surface area contributed by atoms with Crippen LogP contribution < -0.4 is 10.1 Å². The van der Waals surface area contributed by atoms with Crippen molar-refractivity contribution in [3.63, 3.8) is 0 Å². The standard InChI is InChI=1S/C16H19N3O/c1-2-6-13(7-3-1)16-18-11-15(12-19-16)20-14-8-4-5-9-17-10-14/h1-3,6-7,11-12,14,17H,4-5,8-10H2. The van der Waals surface area contributed by atoms with Gasteiger partial charge in [0.15, 0.2) is 11.6 Å². The van der Waals surface area contributed by atoms with Crippen molar-refractivity contribution < 1.29 is 4.74 Å². The van der Waals surface area contributed by atoms with E-state index in [0.717, 1.165) is 36.6 Å². The van der Waals surface area contributed by atoms with Gasteiger partial charge in [-0.1, -0.05) is 30.3 Å². The summed E-state index contributed by atoms with van der Waals surface area (Å²) in [5.74, 6) is 1.48. The first-order chi connectivity index (χ1) is 9.92. The molecule has 1 aliphatic heterocycles. The van der Waals surface area contributed by atoms with E-state index < -0.39 is 0 Å². The second kappa shape index (κ2) is 6.48. The highest BCUT2D eigenvalue weighted by molar-refractivity contribution is 5.54. The monoisotopic (exact) mass is 269 g/mol.